The van der Waals surface area contributed by atoms with Crippen LogP contribution in [0.3, 0.4) is 0 Å². The van der Waals surface area contributed by atoms with Gasteiger partial charge in [-0.3, -0.25) is 4.79 Å². The largest absolute Gasteiger partial charge is 0.397 e. The number of nitrogens with zero attached hydrogens (tertiary/aromatic N) is 1. The smallest absolute Gasteiger partial charge is 0.170 e. The van der Waals surface area contributed by atoms with E-state index in [1.807, 2.05) is 18.2 Å². The van der Waals surface area contributed by atoms with Crippen LogP contribution in [-0.2, 0) is 0 Å². The van der Waals surface area contributed by atoms with E-state index in [4.69, 9.17) is 5.73 Å². The topological polar surface area (TPSA) is 56.0 Å². The summed E-state index contributed by atoms with van der Waals surface area (Å²) in [4.78, 5) is 14.7. The van der Waals surface area contributed by atoms with Crippen LogP contribution in [0.1, 0.15) is 10.5 Å². The highest BCUT2D eigenvalue weighted by Crippen LogP contribution is 2.21. The number of nitrogens with two attached hydrogens (primary N) is 1. The minimum Gasteiger partial charge on any atom is -0.397 e. The molecule has 0 spiro atoms. The number of hydrogen-bond donors (Lipinski definition) is 1. The lowest BCUT2D eigenvalue weighted by atomic mass is 10.2. The van der Waals surface area contributed by atoms with E-state index in [9.17, 15) is 4.79 Å². The maximum absolute atomic E-state index is 10.6. The summed E-state index contributed by atoms with van der Waals surface area (Å²) in [6.45, 7) is 0. The quantitative estimate of drug-likeness (QED) is 0.791. The van der Waals surface area contributed by atoms with Gasteiger partial charge in [0.05, 0.1) is 11.2 Å². The Kier molecular flexibility index (Phi) is 2.21. The van der Waals surface area contributed by atoms with Gasteiger partial charge in [0.1, 0.15) is 5.69 Å². The molecular formula is C10H7BrN2O. The Morgan fingerprint density at radius 3 is 2.86 bits per heavy atom. The van der Waals surface area contributed by atoms with Gasteiger partial charge < -0.3 is 5.73 Å². The molecule has 0 saturated heterocycles. The van der Waals surface area contributed by atoms with Crippen LogP contribution >= 0.6 is 15.9 Å². The summed E-state index contributed by atoms with van der Waals surface area (Å²) < 4.78 is 0.930. The number of anilines is 1. The molecule has 0 aliphatic carbocycles. The number of aromatic nitrogens is 1. The lowest BCUT2D eigenvalue weighted by molar-refractivity contribution is 0.112. The third kappa shape index (κ3) is 1.48. The zero-order chi connectivity index (χ0) is 10.1. The second-order valence-electron chi connectivity index (χ2n) is 2.92. The maximum Gasteiger partial charge on any atom is 0.170 e. The molecule has 0 amide bonds. The number of rotatable bonds is 1. The molecule has 0 unspecified atom stereocenters. The molecule has 0 aliphatic heterocycles. The lowest BCUT2D eigenvalue weighted by Crippen LogP contribution is -1.96. The van der Waals surface area contributed by atoms with Gasteiger partial charge in [0.2, 0.25) is 0 Å². The first-order chi connectivity index (χ1) is 6.70. The normalized spacial score (nSPS) is 10.4. The second-order valence-corrected chi connectivity index (χ2v) is 3.83. The van der Waals surface area contributed by atoms with Crippen LogP contribution in [0, 0.1) is 0 Å². The Hall–Kier alpha value is -1.42. The number of carbonyl (C=O) groups is 1. The van der Waals surface area contributed by atoms with E-state index in [0.29, 0.717) is 12.0 Å². The molecule has 1 aromatic heterocycles. The van der Waals surface area contributed by atoms with Crippen molar-refractivity contribution in [2.24, 2.45) is 0 Å². The summed E-state index contributed by atoms with van der Waals surface area (Å²) in [6, 6.07) is 7.40. The van der Waals surface area contributed by atoms with Gasteiger partial charge >= 0.3 is 0 Å². The van der Waals surface area contributed by atoms with Crippen molar-refractivity contribution < 1.29 is 4.79 Å². The van der Waals surface area contributed by atoms with Crippen molar-refractivity contribution in [1.29, 1.82) is 0 Å². The Morgan fingerprint density at radius 1 is 1.36 bits per heavy atom. The van der Waals surface area contributed by atoms with Crippen LogP contribution in [0.2, 0.25) is 0 Å². The van der Waals surface area contributed by atoms with Gasteiger partial charge in [-0.05, 0) is 18.2 Å². The number of hydrogen-bond acceptors (Lipinski definition) is 3. The summed E-state index contributed by atoms with van der Waals surface area (Å²) in [5.41, 5.74) is 7.09. The molecular weight excluding hydrogens is 244 g/mol. The maximum atomic E-state index is 10.6. The Labute approximate surface area is 89.1 Å². The van der Waals surface area contributed by atoms with E-state index >= 15 is 0 Å². The summed E-state index contributed by atoms with van der Waals surface area (Å²) in [7, 11) is 0. The molecule has 0 bridgehead atoms. The minimum atomic E-state index is 0.288. The van der Waals surface area contributed by atoms with Crippen molar-refractivity contribution in [3.63, 3.8) is 0 Å². The summed E-state index contributed by atoms with van der Waals surface area (Å²) in [5.74, 6) is 0. The molecule has 1 aromatic carbocycles. The monoisotopic (exact) mass is 250 g/mol. The first-order valence-corrected chi connectivity index (χ1v) is 4.81. The molecule has 0 saturated carbocycles. The zero-order valence-corrected chi connectivity index (χ0v) is 8.78. The fraction of sp³-hybridized carbons (Fsp3) is 0. The molecule has 0 atom stereocenters. The predicted octanol–water partition coefficient (Wildman–Crippen LogP) is 2.39. The van der Waals surface area contributed by atoms with Crippen LogP contribution in [0.15, 0.2) is 28.7 Å². The Bertz CT molecular complexity index is 511. The third-order valence-electron chi connectivity index (χ3n) is 1.95. The highest BCUT2D eigenvalue weighted by Gasteiger charge is 2.02. The standard InChI is InChI=1S/C10H7BrN2O/c11-7-2-1-6-3-8(12)10(5-14)13-9(6)4-7/h1-5H,12H2. The van der Waals surface area contributed by atoms with Crippen LogP contribution in [0.5, 0.6) is 0 Å². The fourth-order valence-corrected chi connectivity index (χ4v) is 1.61. The van der Waals surface area contributed by atoms with Gasteiger partial charge in [-0.2, -0.15) is 0 Å². The van der Waals surface area contributed by atoms with E-state index in [1.165, 1.54) is 0 Å². The van der Waals surface area contributed by atoms with Crippen molar-refractivity contribution >= 4 is 38.8 Å². The zero-order valence-electron chi connectivity index (χ0n) is 7.20. The summed E-state index contributed by atoms with van der Waals surface area (Å²) in [6.07, 6.45) is 0.662. The predicted molar refractivity (Wildman–Crippen MR) is 59.2 cm³/mol. The SMILES string of the molecule is Nc1cc2ccc(Br)cc2nc1C=O. The molecule has 0 radical (unpaired) electrons. The minimum absolute atomic E-state index is 0.288. The number of benzene rings is 1. The van der Waals surface area contributed by atoms with Crippen LogP contribution in [0.4, 0.5) is 5.69 Å². The molecule has 70 valence electrons. The van der Waals surface area contributed by atoms with Crippen molar-refractivity contribution in [1.82, 2.24) is 4.98 Å². The van der Waals surface area contributed by atoms with Crippen molar-refractivity contribution in [3.05, 3.63) is 34.4 Å². The molecule has 0 fully saturated rings. The van der Waals surface area contributed by atoms with Gasteiger partial charge in [-0.15, -0.1) is 0 Å². The van der Waals surface area contributed by atoms with Gasteiger partial charge in [-0.1, -0.05) is 22.0 Å². The first kappa shape index (κ1) is 9.15. The van der Waals surface area contributed by atoms with E-state index in [2.05, 4.69) is 20.9 Å². The Balaban J connectivity index is 2.79. The number of pyridine rings is 1. The summed E-state index contributed by atoms with van der Waals surface area (Å²) in [5, 5.41) is 0.927. The van der Waals surface area contributed by atoms with Crippen molar-refractivity contribution in [3.8, 4) is 0 Å². The average Bonchev–Trinajstić information content (AvgIpc) is 2.17. The molecule has 14 heavy (non-hydrogen) atoms. The number of halogens is 1. The van der Waals surface area contributed by atoms with E-state index < -0.39 is 0 Å². The second kappa shape index (κ2) is 3.38. The molecule has 4 heteroatoms. The Morgan fingerprint density at radius 2 is 2.14 bits per heavy atom. The fourth-order valence-electron chi connectivity index (χ4n) is 1.27. The molecule has 2 aromatic rings. The number of carbonyl (C=O) groups excluding carboxylic acids is 1. The van der Waals surface area contributed by atoms with Gasteiger partial charge in [-0.25, -0.2) is 4.98 Å². The number of nitrogen functional groups attached to an aromatic ring is 1. The van der Waals surface area contributed by atoms with Gasteiger partial charge in [0.15, 0.2) is 6.29 Å². The van der Waals surface area contributed by atoms with E-state index in [-0.39, 0.29) is 5.69 Å². The van der Waals surface area contributed by atoms with Crippen molar-refractivity contribution in [2.45, 2.75) is 0 Å². The number of aldehydes is 1. The molecule has 0 aliphatic rings. The van der Waals surface area contributed by atoms with Crippen LogP contribution in [0.25, 0.3) is 10.9 Å². The first-order valence-electron chi connectivity index (χ1n) is 4.01. The highest BCUT2D eigenvalue weighted by molar-refractivity contribution is 9.10. The highest BCUT2D eigenvalue weighted by atomic mass is 79.9. The van der Waals surface area contributed by atoms with E-state index in [0.717, 1.165) is 15.4 Å². The molecule has 1 heterocycles. The number of fused-ring (bicyclic) bond motifs is 1. The average molecular weight is 251 g/mol. The van der Waals surface area contributed by atoms with Crippen LogP contribution < -0.4 is 5.73 Å². The third-order valence-corrected chi connectivity index (χ3v) is 2.45. The van der Waals surface area contributed by atoms with Crippen LogP contribution in [-0.4, -0.2) is 11.3 Å². The summed E-state index contributed by atoms with van der Waals surface area (Å²) >= 11 is 3.34. The molecule has 2 rings (SSSR count). The molecule has 2 N–H and O–H groups in total. The van der Waals surface area contributed by atoms with E-state index in [1.54, 1.807) is 6.07 Å². The van der Waals surface area contributed by atoms with Gasteiger partial charge in [0.25, 0.3) is 0 Å². The van der Waals surface area contributed by atoms with Gasteiger partial charge in [0, 0.05) is 9.86 Å². The molecule has 3 nitrogen and oxygen atoms in total. The van der Waals surface area contributed by atoms with Crippen molar-refractivity contribution in [2.75, 3.05) is 5.73 Å². The lowest BCUT2D eigenvalue weighted by Gasteiger charge is -2.01.